The molecule has 0 fully saturated rings. The second-order valence-electron chi connectivity index (χ2n) is 5.31. The second kappa shape index (κ2) is 7.14. The molecule has 0 saturated heterocycles. The van der Waals surface area contributed by atoms with Crippen LogP contribution >= 0.6 is 0 Å². The number of carbonyl (C=O) groups is 1. The van der Waals surface area contributed by atoms with Gasteiger partial charge in [-0.25, -0.2) is 0 Å². The van der Waals surface area contributed by atoms with Gasteiger partial charge in [0.1, 0.15) is 0 Å². The van der Waals surface area contributed by atoms with Gasteiger partial charge >= 0.3 is 5.97 Å². The molecule has 1 aromatic rings. The molecule has 0 bridgehead atoms. The van der Waals surface area contributed by atoms with Crippen LogP contribution < -0.4 is 14.8 Å². The third-order valence-corrected chi connectivity index (χ3v) is 3.28. The van der Waals surface area contributed by atoms with E-state index in [4.69, 9.17) is 14.6 Å². The molecule has 0 saturated carbocycles. The summed E-state index contributed by atoms with van der Waals surface area (Å²) in [4.78, 5) is 11.0. The fourth-order valence-electron chi connectivity index (χ4n) is 1.73. The van der Waals surface area contributed by atoms with Gasteiger partial charge in [0.25, 0.3) is 0 Å². The van der Waals surface area contributed by atoms with Crippen molar-refractivity contribution < 1.29 is 19.4 Å². The first kappa shape index (κ1) is 16.3. The van der Waals surface area contributed by atoms with E-state index in [0.717, 1.165) is 5.56 Å². The van der Waals surface area contributed by atoms with Gasteiger partial charge in [-0.3, -0.25) is 4.79 Å². The monoisotopic (exact) mass is 281 g/mol. The van der Waals surface area contributed by atoms with Crippen molar-refractivity contribution in [2.45, 2.75) is 26.8 Å². The van der Waals surface area contributed by atoms with Crippen molar-refractivity contribution in [1.82, 2.24) is 5.32 Å². The highest BCUT2D eigenvalue weighted by molar-refractivity contribution is 5.73. The molecule has 0 radical (unpaired) electrons. The quantitative estimate of drug-likeness (QED) is 0.716. The molecule has 5 heteroatoms. The maximum Gasteiger partial charge on any atom is 0.309 e. The van der Waals surface area contributed by atoms with Gasteiger partial charge in [-0.1, -0.05) is 6.07 Å². The molecule has 0 aliphatic carbocycles. The van der Waals surface area contributed by atoms with Crippen LogP contribution in [0.1, 0.15) is 25.8 Å². The van der Waals surface area contributed by atoms with E-state index in [0.29, 0.717) is 31.0 Å². The summed E-state index contributed by atoms with van der Waals surface area (Å²) < 4.78 is 10.4. The maximum atomic E-state index is 11.0. The molecular formula is C15H23NO4. The van der Waals surface area contributed by atoms with E-state index in [9.17, 15) is 4.79 Å². The first-order valence-electron chi connectivity index (χ1n) is 6.55. The van der Waals surface area contributed by atoms with E-state index >= 15 is 0 Å². The van der Waals surface area contributed by atoms with Gasteiger partial charge in [0.15, 0.2) is 11.5 Å². The number of carboxylic acid groups (broad SMARTS) is 1. The van der Waals surface area contributed by atoms with Crippen LogP contribution in [0.15, 0.2) is 18.2 Å². The van der Waals surface area contributed by atoms with Crippen molar-refractivity contribution in [1.29, 1.82) is 0 Å². The van der Waals surface area contributed by atoms with E-state index in [-0.39, 0.29) is 0 Å². The Morgan fingerprint density at radius 2 is 1.90 bits per heavy atom. The van der Waals surface area contributed by atoms with E-state index in [2.05, 4.69) is 5.32 Å². The molecule has 2 N–H and O–H groups in total. The SMILES string of the molecule is COc1ccc(CNCCC(C)(C)C(=O)O)cc1OC. The summed E-state index contributed by atoms with van der Waals surface area (Å²) in [5.41, 5.74) is 0.362. The highest BCUT2D eigenvalue weighted by Crippen LogP contribution is 2.27. The summed E-state index contributed by atoms with van der Waals surface area (Å²) in [7, 11) is 3.20. The molecule has 1 aromatic carbocycles. The van der Waals surface area contributed by atoms with Gasteiger partial charge in [-0.2, -0.15) is 0 Å². The van der Waals surface area contributed by atoms with E-state index in [1.807, 2.05) is 18.2 Å². The summed E-state index contributed by atoms with van der Waals surface area (Å²) in [5.74, 6) is 0.617. The number of hydrogen-bond acceptors (Lipinski definition) is 4. The Hall–Kier alpha value is -1.75. The minimum Gasteiger partial charge on any atom is -0.493 e. The van der Waals surface area contributed by atoms with E-state index in [1.54, 1.807) is 28.1 Å². The van der Waals surface area contributed by atoms with Crippen LogP contribution in [0.25, 0.3) is 0 Å². The lowest BCUT2D eigenvalue weighted by Gasteiger charge is -2.19. The molecule has 0 spiro atoms. The predicted octanol–water partition coefficient (Wildman–Crippen LogP) is 2.29. The summed E-state index contributed by atoms with van der Waals surface area (Å²) in [6.07, 6.45) is 0.579. The highest BCUT2D eigenvalue weighted by atomic mass is 16.5. The average Bonchev–Trinajstić information content (AvgIpc) is 2.43. The molecule has 0 unspecified atom stereocenters. The zero-order valence-electron chi connectivity index (χ0n) is 12.5. The largest absolute Gasteiger partial charge is 0.493 e. The summed E-state index contributed by atoms with van der Waals surface area (Å²) in [5, 5.41) is 12.3. The number of ether oxygens (including phenoxy) is 2. The van der Waals surface area contributed by atoms with Gasteiger partial charge in [0.05, 0.1) is 19.6 Å². The van der Waals surface area contributed by atoms with Crippen LogP contribution in [0.2, 0.25) is 0 Å². The van der Waals surface area contributed by atoms with Gasteiger partial charge in [-0.15, -0.1) is 0 Å². The molecule has 0 amide bonds. The van der Waals surface area contributed by atoms with Crippen LogP contribution in [0.5, 0.6) is 11.5 Å². The Labute approximate surface area is 119 Å². The Morgan fingerprint density at radius 1 is 1.25 bits per heavy atom. The number of carboxylic acids is 1. The second-order valence-corrected chi connectivity index (χ2v) is 5.31. The predicted molar refractivity (Wildman–Crippen MR) is 77.3 cm³/mol. The van der Waals surface area contributed by atoms with Crippen molar-refractivity contribution in [2.24, 2.45) is 5.41 Å². The molecule has 0 heterocycles. The third kappa shape index (κ3) is 4.42. The maximum absolute atomic E-state index is 11.0. The first-order chi connectivity index (χ1) is 9.40. The Morgan fingerprint density at radius 3 is 2.45 bits per heavy atom. The normalized spacial score (nSPS) is 11.2. The molecule has 0 aliphatic rings. The molecule has 0 atom stereocenters. The lowest BCUT2D eigenvalue weighted by atomic mass is 9.90. The molecule has 5 nitrogen and oxygen atoms in total. The van der Waals surface area contributed by atoms with Crippen molar-refractivity contribution in [3.63, 3.8) is 0 Å². The van der Waals surface area contributed by atoms with Gasteiger partial charge in [0.2, 0.25) is 0 Å². The molecule has 20 heavy (non-hydrogen) atoms. The molecule has 1 rings (SSSR count). The Kier molecular flexibility index (Phi) is 5.82. The minimum absolute atomic E-state index is 0.579. The van der Waals surface area contributed by atoms with Crippen molar-refractivity contribution in [2.75, 3.05) is 20.8 Å². The van der Waals surface area contributed by atoms with Crippen LogP contribution in [0, 0.1) is 5.41 Å². The average molecular weight is 281 g/mol. The van der Waals surface area contributed by atoms with Gasteiger partial charge in [-0.05, 0) is 44.5 Å². The highest BCUT2D eigenvalue weighted by Gasteiger charge is 2.26. The van der Waals surface area contributed by atoms with Crippen molar-refractivity contribution in [3.8, 4) is 11.5 Å². The van der Waals surface area contributed by atoms with Crippen LogP contribution in [-0.2, 0) is 11.3 Å². The zero-order chi connectivity index (χ0) is 15.2. The third-order valence-electron chi connectivity index (χ3n) is 3.28. The Balaban J connectivity index is 2.49. The smallest absolute Gasteiger partial charge is 0.309 e. The van der Waals surface area contributed by atoms with Crippen LogP contribution in [-0.4, -0.2) is 31.8 Å². The van der Waals surface area contributed by atoms with Crippen LogP contribution in [0.4, 0.5) is 0 Å². The minimum atomic E-state index is -0.773. The number of hydrogen-bond donors (Lipinski definition) is 2. The fraction of sp³-hybridized carbons (Fsp3) is 0.533. The van der Waals surface area contributed by atoms with Crippen molar-refractivity contribution in [3.05, 3.63) is 23.8 Å². The zero-order valence-corrected chi connectivity index (χ0v) is 12.5. The number of benzene rings is 1. The Bertz CT molecular complexity index is 457. The first-order valence-corrected chi connectivity index (χ1v) is 6.55. The fourth-order valence-corrected chi connectivity index (χ4v) is 1.73. The van der Waals surface area contributed by atoms with Crippen LogP contribution in [0.3, 0.4) is 0 Å². The van der Waals surface area contributed by atoms with E-state index < -0.39 is 11.4 Å². The number of rotatable bonds is 8. The van der Waals surface area contributed by atoms with Gasteiger partial charge in [0, 0.05) is 6.54 Å². The number of aliphatic carboxylic acids is 1. The summed E-state index contributed by atoms with van der Waals surface area (Å²) in [6.45, 7) is 4.77. The molecule has 112 valence electrons. The van der Waals surface area contributed by atoms with Gasteiger partial charge < -0.3 is 19.9 Å². The number of nitrogens with one attached hydrogen (secondary N) is 1. The molecular weight excluding hydrogens is 258 g/mol. The molecule has 0 aromatic heterocycles. The van der Waals surface area contributed by atoms with Crippen molar-refractivity contribution >= 4 is 5.97 Å². The number of methoxy groups -OCH3 is 2. The lowest BCUT2D eigenvalue weighted by Crippen LogP contribution is -2.28. The lowest BCUT2D eigenvalue weighted by molar-refractivity contribution is -0.147. The topological polar surface area (TPSA) is 67.8 Å². The standard InChI is InChI=1S/C15H23NO4/c1-15(2,14(17)18)7-8-16-10-11-5-6-12(19-3)13(9-11)20-4/h5-6,9,16H,7-8,10H2,1-4H3,(H,17,18). The van der Waals surface area contributed by atoms with E-state index in [1.165, 1.54) is 0 Å². The summed E-state index contributed by atoms with van der Waals surface area (Å²) in [6, 6.07) is 5.72. The summed E-state index contributed by atoms with van der Waals surface area (Å²) >= 11 is 0. The molecule has 0 aliphatic heterocycles.